The van der Waals surface area contributed by atoms with Gasteiger partial charge in [0.25, 0.3) is 5.91 Å². The Morgan fingerprint density at radius 3 is 2.34 bits per heavy atom. The first kappa shape index (κ1) is 26.5. The van der Waals surface area contributed by atoms with E-state index >= 15 is 0 Å². The fourth-order valence-corrected chi connectivity index (χ4v) is 3.91. The Morgan fingerprint density at radius 1 is 1.00 bits per heavy atom. The molecule has 4 aromatic rings. The van der Waals surface area contributed by atoms with E-state index in [4.69, 9.17) is 9.26 Å². The predicted octanol–water partition coefficient (Wildman–Crippen LogP) is 4.64. The molecule has 9 heteroatoms. The standard InChI is InChI=1S/C29H28FN3O5/c1-19(2)16-25(26(34)17-33-27(32-38-29(33)36)21-8-12-23(30)13-9-21)31-28(35)22-10-14-24(15-11-22)37-18-20-6-4-3-5-7-20/h3-15,19,25H,16-18H2,1-2H3,(H,31,35)/t25-/m0/s1. The number of nitrogens with zero attached hydrogens (tertiary/aromatic N) is 2. The molecule has 8 nitrogen and oxygen atoms in total. The Bertz CT molecular complexity index is 1430. The summed E-state index contributed by atoms with van der Waals surface area (Å²) >= 11 is 0. The Balaban J connectivity index is 1.44. The lowest BCUT2D eigenvalue weighted by atomic mass is 9.99. The van der Waals surface area contributed by atoms with Crippen molar-refractivity contribution in [3.05, 3.63) is 106 Å². The van der Waals surface area contributed by atoms with Crippen LogP contribution in [-0.4, -0.2) is 27.5 Å². The topological polar surface area (TPSA) is 103 Å². The van der Waals surface area contributed by atoms with Crippen molar-refractivity contribution in [2.75, 3.05) is 0 Å². The zero-order chi connectivity index (χ0) is 27.1. The molecule has 0 saturated carbocycles. The normalized spacial score (nSPS) is 11.8. The second-order valence-corrected chi connectivity index (χ2v) is 9.29. The van der Waals surface area contributed by atoms with Gasteiger partial charge in [0.05, 0.1) is 12.6 Å². The zero-order valence-electron chi connectivity index (χ0n) is 21.1. The van der Waals surface area contributed by atoms with Gasteiger partial charge in [0, 0.05) is 11.1 Å². The van der Waals surface area contributed by atoms with Gasteiger partial charge in [-0.2, -0.15) is 0 Å². The number of ether oxygens (including phenoxy) is 1. The average Bonchev–Trinajstić information content (AvgIpc) is 3.27. The van der Waals surface area contributed by atoms with Gasteiger partial charge in [0.15, 0.2) is 11.6 Å². The second-order valence-electron chi connectivity index (χ2n) is 9.29. The van der Waals surface area contributed by atoms with E-state index in [1.54, 1.807) is 24.3 Å². The summed E-state index contributed by atoms with van der Waals surface area (Å²) in [5, 5.41) is 6.54. The van der Waals surface area contributed by atoms with Crippen LogP contribution in [0.5, 0.6) is 5.75 Å². The maximum atomic E-state index is 13.3. The Morgan fingerprint density at radius 2 is 1.68 bits per heavy atom. The molecular formula is C29H28FN3O5. The molecule has 0 radical (unpaired) electrons. The molecule has 0 aliphatic rings. The van der Waals surface area contributed by atoms with Crippen molar-refractivity contribution in [3.63, 3.8) is 0 Å². The van der Waals surface area contributed by atoms with Gasteiger partial charge in [-0.15, -0.1) is 0 Å². The van der Waals surface area contributed by atoms with E-state index in [0.29, 0.717) is 29.9 Å². The molecule has 1 amide bonds. The molecule has 0 fully saturated rings. The van der Waals surface area contributed by atoms with Crippen LogP contribution in [0, 0.1) is 11.7 Å². The van der Waals surface area contributed by atoms with Crippen molar-refractivity contribution in [1.82, 2.24) is 15.0 Å². The summed E-state index contributed by atoms with van der Waals surface area (Å²) in [5.41, 5.74) is 1.82. The van der Waals surface area contributed by atoms with Crippen LogP contribution >= 0.6 is 0 Å². The molecule has 0 aliphatic heterocycles. The number of amides is 1. The zero-order valence-corrected chi connectivity index (χ0v) is 21.1. The van der Waals surface area contributed by atoms with Gasteiger partial charge in [0.1, 0.15) is 18.2 Å². The summed E-state index contributed by atoms with van der Waals surface area (Å²) in [7, 11) is 0. The number of carbonyl (C=O) groups excluding carboxylic acids is 2. The molecule has 0 aliphatic carbocycles. The summed E-state index contributed by atoms with van der Waals surface area (Å²) < 4.78 is 24.9. The van der Waals surface area contributed by atoms with Crippen molar-refractivity contribution in [2.45, 2.75) is 39.5 Å². The number of benzene rings is 3. The third-order valence-corrected chi connectivity index (χ3v) is 5.87. The highest BCUT2D eigenvalue weighted by molar-refractivity contribution is 5.98. The fraction of sp³-hybridized carbons (Fsp3) is 0.241. The van der Waals surface area contributed by atoms with Gasteiger partial charge in [-0.05, 0) is 66.4 Å². The third-order valence-electron chi connectivity index (χ3n) is 5.87. The summed E-state index contributed by atoms with van der Waals surface area (Å²) in [5.74, 6) is -1.27. The average molecular weight is 518 g/mol. The molecule has 0 bridgehead atoms. The van der Waals surface area contributed by atoms with Crippen molar-refractivity contribution < 1.29 is 23.2 Å². The van der Waals surface area contributed by atoms with Gasteiger partial charge in [0.2, 0.25) is 0 Å². The summed E-state index contributed by atoms with van der Waals surface area (Å²) in [6.07, 6.45) is 0.370. The van der Waals surface area contributed by atoms with Gasteiger partial charge in [-0.1, -0.05) is 49.3 Å². The molecule has 3 aromatic carbocycles. The maximum absolute atomic E-state index is 13.3. The maximum Gasteiger partial charge on any atom is 0.442 e. The third kappa shape index (κ3) is 6.82. The highest BCUT2D eigenvalue weighted by Crippen LogP contribution is 2.18. The minimum Gasteiger partial charge on any atom is -0.489 e. The Kier molecular flexibility index (Phi) is 8.47. The quantitative estimate of drug-likeness (QED) is 0.311. The van der Waals surface area contributed by atoms with Gasteiger partial charge >= 0.3 is 5.76 Å². The number of ketones is 1. The molecule has 38 heavy (non-hydrogen) atoms. The van der Waals surface area contributed by atoms with E-state index in [-0.39, 0.29) is 24.1 Å². The molecule has 0 unspecified atom stereocenters. The van der Waals surface area contributed by atoms with Crippen LogP contribution in [0.4, 0.5) is 4.39 Å². The first-order valence-corrected chi connectivity index (χ1v) is 12.2. The number of Topliss-reactive ketones (excluding diaryl/α,β-unsaturated/α-hetero) is 1. The molecular weight excluding hydrogens is 489 g/mol. The summed E-state index contributed by atoms with van der Waals surface area (Å²) in [6, 6.07) is 20.9. The van der Waals surface area contributed by atoms with E-state index in [9.17, 15) is 18.8 Å². The SMILES string of the molecule is CC(C)C[C@H](NC(=O)c1ccc(OCc2ccccc2)cc1)C(=O)Cn1c(-c2ccc(F)cc2)noc1=O. The van der Waals surface area contributed by atoms with E-state index in [2.05, 4.69) is 10.5 Å². The summed E-state index contributed by atoms with van der Waals surface area (Å²) in [4.78, 5) is 38.5. The molecule has 1 N–H and O–H groups in total. The largest absolute Gasteiger partial charge is 0.489 e. The van der Waals surface area contributed by atoms with E-state index < -0.39 is 23.5 Å². The smallest absolute Gasteiger partial charge is 0.442 e. The van der Waals surface area contributed by atoms with Crippen LogP contribution < -0.4 is 15.8 Å². The van der Waals surface area contributed by atoms with E-state index in [1.807, 2.05) is 44.2 Å². The first-order chi connectivity index (χ1) is 18.3. The lowest BCUT2D eigenvalue weighted by Crippen LogP contribution is -2.44. The van der Waals surface area contributed by atoms with Gasteiger partial charge in [-0.3, -0.25) is 14.1 Å². The molecule has 0 spiro atoms. The Labute approximate surface area is 219 Å². The van der Waals surface area contributed by atoms with E-state index in [0.717, 1.165) is 10.1 Å². The number of rotatable bonds is 11. The molecule has 1 aromatic heterocycles. The predicted molar refractivity (Wildman–Crippen MR) is 139 cm³/mol. The minimum atomic E-state index is -0.848. The number of aromatic nitrogens is 2. The van der Waals surface area contributed by atoms with Gasteiger partial charge in [-0.25, -0.2) is 13.8 Å². The fourth-order valence-electron chi connectivity index (χ4n) is 3.91. The molecule has 0 saturated heterocycles. The van der Waals surface area contributed by atoms with Crippen molar-refractivity contribution in [2.24, 2.45) is 5.92 Å². The van der Waals surface area contributed by atoms with Crippen LogP contribution in [0.1, 0.15) is 36.2 Å². The minimum absolute atomic E-state index is 0.0915. The van der Waals surface area contributed by atoms with E-state index in [1.165, 1.54) is 24.3 Å². The number of carbonyl (C=O) groups is 2. The highest BCUT2D eigenvalue weighted by atomic mass is 19.1. The number of hydrogen-bond acceptors (Lipinski definition) is 6. The van der Waals surface area contributed by atoms with Crippen LogP contribution in [0.25, 0.3) is 11.4 Å². The number of halogens is 1. The second kappa shape index (κ2) is 12.1. The van der Waals surface area contributed by atoms with Crippen molar-refractivity contribution in [3.8, 4) is 17.1 Å². The number of nitrogens with one attached hydrogen (secondary N) is 1. The van der Waals surface area contributed by atoms with Crippen molar-refractivity contribution in [1.29, 1.82) is 0 Å². The summed E-state index contributed by atoms with van der Waals surface area (Å²) in [6.45, 7) is 3.90. The van der Waals surface area contributed by atoms with Crippen molar-refractivity contribution >= 4 is 11.7 Å². The van der Waals surface area contributed by atoms with Crippen LogP contribution in [-0.2, 0) is 17.9 Å². The first-order valence-electron chi connectivity index (χ1n) is 12.2. The Hall–Kier alpha value is -4.53. The number of hydrogen-bond donors (Lipinski definition) is 1. The van der Waals surface area contributed by atoms with Crippen LogP contribution in [0.2, 0.25) is 0 Å². The monoisotopic (exact) mass is 517 g/mol. The highest BCUT2D eigenvalue weighted by Gasteiger charge is 2.25. The molecule has 1 heterocycles. The molecule has 196 valence electrons. The van der Waals surface area contributed by atoms with Crippen LogP contribution in [0.15, 0.2) is 88.2 Å². The van der Waals surface area contributed by atoms with Gasteiger partial charge < -0.3 is 10.1 Å². The lowest BCUT2D eigenvalue weighted by molar-refractivity contribution is -0.121. The molecule has 1 atom stereocenters. The molecule has 4 rings (SSSR count). The lowest BCUT2D eigenvalue weighted by Gasteiger charge is -2.20. The van der Waals surface area contributed by atoms with Crippen LogP contribution in [0.3, 0.4) is 0 Å².